The highest BCUT2D eigenvalue weighted by Crippen LogP contribution is 2.08. The van der Waals surface area contributed by atoms with Gasteiger partial charge in [0.25, 0.3) is 0 Å². The van der Waals surface area contributed by atoms with Crippen LogP contribution in [-0.2, 0) is 9.59 Å². The summed E-state index contributed by atoms with van der Waals surface area (Å²) in [7, 11) is 0. The van der Waals surface area contributed by atoms with E-state index < -0.39 is 0 Å². The molecular weight excluding hydrogens is 258 g/mol. The van der Waals surface area contributed by atoms with Gasteiger partial charge in [-0.25, -0.2) is 0 Å². The second kappa shape index (κ2) is 8.31. The lowest BCUT2D eigenvalue weighted by atomic mass is 10.2. The van der Waals surface area contributed by atoms with Crippen LogP contribution in [0, 0.1) is 0 Å². The van der Waals surface area contributed by atoms with Crippen molar-refractivity contribution < 1.29 is 9.59 Å². The Labute approximate surface area is 119 Å². The van der Waals surface area contributed by atoms with Crippen LogP contribution in [0.4, 0.5) is 0 Å². The van der Waals surface area contributed by atoms with Crippen LogP contribution in [0.15, 0.2) is 18.5 Å². The molecule has 0 aromatic carbocycles. The van der Waals surface area contributed by atoms with Gasteiger partial charge in [-0.15, -0.1) is 0 Å². The Balaban J connectivity index is 2.18. The SMILES string of the molecule is CC(=O)NCCNC(=O)CN[C@H](C)[C@@H](C)n1cccn1. The average Bonchev–Trinajstić information content (AvgIpc) is 2.93. The molecule has 20 heavy (non-hydrogen) atoms. The van der Waals surface area contributed by atoms with E-state index in [1.165, 1.54) is 6.92 Å². The summed E-state index contributed by atoms with van der Waals surface area (Å²) in [5, 5.41) is 12.7. The molecule has 1 aromatic rings. The summed E-state index contributed by atoms with van der Waals surface area (Å²) in [6.45, 7) is 6.62. The molecular formula is C13H23N5O2. The highest BCUT2D eigenvalue weighted by molar-refractivity contribution is 5.78. The van der Waals surface area contributed by atoms with Gasteiger partial charge in [0.05, 0.1) is 12.6 Å². The van der Waals surface area contributed by atoms with Gasteiger partial charge in [0.1, 0.15) is 0 Å². The molecule has 7 heteroatoms. The predicted octanol–water partition coefficient (Wildman–Crippen LogP) is -0.325. The minimum atomic E-state index is -0.0981. The summed E-state index contributed by atoms with van der Waals surface area (Å²) < 4.78 is 1.85. The molecule has 2 amide bonds. The summed E-state index contributed by atoms with van der Waals surface area (Å²) in [5.41, 5.74) is 0. The van der Waals surface area contributed by atoms with E-state index in [2.05, 4.69) is 21.0 Å². The molecule has 0 aliphatic carbocycles. The fraction of sp³-hybridized carbons (Fsp3) is 0.615. The van der Waals surface area contributed by atoms with Crippen LogP contribution in [0.25, 0.3) is 0 Å². The summed E-state index contributed by atoms with van der Waals surface area (Å²) in [4.78, 5) is 22.2. The number of amides is 2. The normalized spacial score (nSPS) is 13.6. The van der Waals surface area contributed by atoms with Crippen molar-refractivity contribution in [2.24, 2.45) is 0 Å². The van der Waals surface area contributed by atoms with Crippen molar-refractivity contribution in [3.63, 3.8) is 0 Å². The third-order valence-corrected chi connectivity index (χ3v) is 3.07. The second-order valence-electron chi connectivity index (χ2n) is 4.73. The smallest absolute Gasteiger partial charge is 0.234 e. The summed E-state index contributed by atoms with van der Waals surface area (Å²) in [6.07, 6.45) is 3.63. The van der Waals surface area contributed by atoms with Crippen LogP contribution in [-0.4, -0.2) is 47.3 Å². The van der Waals surface area contributed by atoms with E-state index >= 15 is 0 Å². The van der Waals surface area contributed by atoms with Crippen molar-refractivity contribution in [2.75, 3.05) is 19.6 Å². The molecule has 0 bridgehead atoms. The van der Waals surface area contributed by atoms with E-state index in [0.717, 1.165) is 0 Å². The van der Waals surface area contributed by atoms with Gasteiger partial charge in [-0.2, -0.15) is 5.10 Å². The van der Waals surface area contributed by atoms with E-state index in [0.29, 0.717) is 13.1 Å². The number of rotatable bonds is 8. The van der Waals surface area contributed by atoms with Crippen molar-refractivity contribution in [1.29, 1.82) is 0 Å². The van der Waals surface area contributed by atoms with Gasteiger partial charge < -0.3 is 16.0 Å². The van der Waals surface area contributed by atoms with Gasteiger partial charge in [0, 0.05) is 38.4 Å². The lowest BCUT2D eigenvalue weighted by molar-refractivity contribution is -0.121. The molecule has 0 aliphatic heterocycles. The Morgan fingerprint density at radius 2 is 1.95 bits per heavy atom. The fourth-order valence-electron chi connectivity index (χ4n) is 1.68. The number of carbonyl (C=O) groups excluding carboxylic acids is 2. The second-order valence-corrected chi connectivity index (χ2v) is 4.73. The number of aromatic nitrogens is 2. The first-order valence-electron chi connectivity index (χ1n) is 6.74. The zero-order chi connectivity index (χ0) is 15.0. The van der Waals surface area contributed by atoms with Gasteiger partial charge in [-0.3, -0.25) is 14.3 Å². The lowest BCUT2D eigenvalue weighted by Crippen LogP contribution is -2.43. The van der Waals surface area contributed by atoms with Crippen molar-refractivity contribution in [1.82, 2.24) is 25.7 Å². The predicted molar refractivity (Wildman–Crippen MR) is 76.1 cm³/mol. The van der Waals surface area contributed by atoms with Crippen molar-refractivity contribution >= 4 is 11.8 Å². The van der Waals surface area contributed by atoms with Gasteiger partial charge >= 0.3 is 0 Å². The van der Waals surface area contributed by atoms with Crippen LogP contribution in [0.2, 0.25) is 0 Å². The first-order chi connectivity index (χ1) is 9.50. The topological polar surface area (TPSA) is 88.0 Å². The maximum atomic E-state index is 11.6. The minimum Gasteiger partial charge on any atom is -0.355 e. The first-order valence-corrected chi connectivity index (χ1v) is 6.74. The van der Waals surface area contributed by atoms with Crippen molar-refractivity contribution in [3.05, 3.63) is 18.5 Å². The highest BCUT2D eigenvalue weighted by atomic mass is 16.2. The molecule has 0 saturated carbocycles. The zero-order valence-corrected chi connectivity index (χ0v) is 12.2. The Morgan fingerprint density at radius 1 is 1.25 bits per heavy atom. The van der Waals surface area contributed by atoms with E-state index in [1.54, 1.807) is 6.20 Å². The minimum absolute atomic E-state index is 0.0881. The maximum absolute atomic E-state index is 11.6. The van der Waals surface area contributed by atoms with E-state index in [4.69, 9.17) is 0 Å². The summed E-state index contributed by atoms with van der Waals surface area (Å²) >= 11 is 0. The summed E-state index contributed by atoms with van der Waals surface area (Å²) in [6, 6.07) is 2.16. The fourth-order valence-corrected chi connectivity index (χ4v) is 1.68. The van der Waals surface area contributed by atoms with Crippen LogP contribution < -0.4 is 16.0 Å². The molecule has 3 N–H and O–H groups in total. The highest BCUT2D eigenvalue weighted by Gasteiger charge is 2.14. The van der Waals surface area contributed by atoms with Gasteiger partial charge in [0.15, 0.2) is 0 Å². The van der Waals surface area contributed by atoms with E-state index in [9.17, 15) is 9.59 Å². The molecule has 1 heterocycles. The molecule has 1 rings (SSSR count). The van der Waals surface area contributed by atoms with E-state index in [1.807, 2.05) is 30.8 Å². The third kappa shape index (κ3) is 5.83. The molecule has 1 aromatic heterocycles. The molecule has 0 radical (unpaired) electrons. The average molecular weight is 281 g/mol. The van der Waals surface area contributed by atoms with Crippen LogP contribution >= 0.6 is 0 Å². The molecule has 2 atom stereocenters. The molecule has 0 unspecified atom stereocenters. The number of hydrogen-bond donors (Lipinski definition) is 3. The van der Waals surface area contributed by atoms with Gasteiger partial charge in [-0.05, 0) is 19.9 Å². The van der Waals surface area contributed by atoms with E-state index in [-0.39, 0.29) is 30.4 Å². The number of nitrogens with one attached hydrogen (secondary N) is 3. The molecule has 0 fully saturated rings. The largest absolute Gasteiger partial charge is 0.355 e. The Kier molecular flexibility index (Phi) is 6.72. The van der Waals surface area contributed by atoms with Crippen molar-refractivity contribution in [3.8, 4) is 0 Å². The van der Waals surface area contributed by atoms with Crippen LogP contribution in [0.3, 0.4) is 0 Å². The van der Waals surface area contributed by atoms with Gasteiger partial charge in [-0.1, -0.05) is 0 Å². The zero-order valence-electron chi connectivity index (χ0n) is 12.2. The van der Waals surface area contributed by atoms with Crippen molar-refractivity contribution in [2.45, 2.75) is 32.9 Å². The molecule has 0 spiro atoms. The maximum Gasteiger partial charge on any atom is 0.234 e. The Hall–Kier alpha value is -1.89. The molecule has 0 saturated heterocycles. The number of nitrogens with zero attached hydrogens (tertiary/aromatic N) is 2. The third-order valence-electron chi connectivity index (χ3n) is 3.07. The van der Waals surface area contributed by atoms with Crippen LogP contribution in [0.5, 0.6) is 0 Å². The lowest BCUT2D eigenvalue weighted by Gasteiger charge is -2.21. The van der Waals surface area contributed by atoms with Gasteiger partial charge in [0.2, 0.25) is 11.8 Å². The quantitative estimate of drug-likeness (QED) is 0.570. The Morgan fingerprint density at radius 3 is 2.55 bits per heavy atom. The molecule has 0 aliphatic rings. The molecule has 7 nitrogen and oxygen atoms in total. The Bertz CT molecular complexity index is 418. The monoisotopic (exact) mass is 281 g/mol. The molecule has 112 valence electrons. The standard InChI is InChI=1S/C13H23N5O2/c1-10(11(2)18-8-4-5-17-18)16-9-13(20)15-7-6-14-12(3)19/h4-5,8,10-11,16H,6-7,9H2,1-3H3,(H,14,19)(H,15,20)/t10-,11-/m1/s1. The summed E-state index contributed by atoms with van der Waals surface area (Å²) in [5.74, 6) is -0.186. The first kappa shape index (κ1) is 16.2. The number of hydrogen-bond acceptors (Lipinski definition) is 4. The number of carbonyl (C=O) groups is 2. The van der Waals surface area contributed by atoms with Crippen LogP contribution in [0.1, 0.15) is 26.8 Å².